The van der Waals surface area contributed by atoms with Gasteiger partial charge in [-0.15, -0.1) is 0 Å². The molecule has 1 atom stereocenters. The highest BCUT2D eigenvalue weighted by Crippen LogP contribution is 2.32. The molecule has 1 N–H and O–H groups in total. The van der Waals surface area contributed by atoms with Gasteiger partial charge in [-0.2, -0.15) is 0 Å². The number of anilines is 1. The van der Waals surface area contributed by atoms with Crippen LogP contribution in [0.15, 0.2) is 42.5 Å². The first-order chi connectivity index (χ1) is 12.8. The third-order valence-electron chi connectivity index (χ3n) is 4.07. The fraction of sp³-hybridized carbons (Fsp3) is 0.278. The highest BCUT2D eigenvalue weighted by molar-refractivity contribution is 7.92. The number of carbonyl (C=O) groups is 1. The fourth-order valence-electron chi connectivity index (χ4n) is 2.78. The van der Waals surface area contributed by atoms with Gasteiger partial charge in [0.05, 0.1) is 11.9 Å². The fourth-order valence-corrected chi connectivity index (χ4v) is 4.09. The molecule has 27 heavy (non-hydrogen) atoms. The second-order valence-corrected chi connectivity index (χ2v) is 8.41. The summed E-state index contributed by atoms with van der Waals surface area (Å²) in [4.78, 5) is 12.6. The van der Waals surface area contributed by atoms with Gasteiger partial charge >= 0.3 is 0 Å². The van der Waals surface area contributed by atoms with Crippen molar-refractivity contribution in [1.82, 2.24) is 5.32 Å². The molecule has 2 aromatic rings. The topological polar surface area (TPSA) is 84.9 Å². The third kappa shape index (κ3) is 4.45. The molecule has 1 unspecified atom stereocenters. The molecule has 7 nitrogen and oxygen atoms in total. The van der Waals surface area contributed by atoms with Crippen LogP contribution in [0, 0.1) is 0 Å². The maximum atomic E-state index is 12.6. The lowest BCUT2D eigenvalue weighted by Gasteiger charge is -2.28. The Balaban J connectivity index is 1.72. The first-order valence-corrected chi connectivity index (χ1v) is 10.4. The number of fused-ring (bicyclic) bond motifs is 1. The first-order valence-electron chi connectivity index (χ1n) is 8.17. The molecule has 0 saturated heterocycles. The normalized spacial score (nSPS) is 13.9. The van der Waals surface area contributed by atoms with Crippen molar-refractivity contribution >= 4 is 33.2 Å². The molecule has 0 bridgehead atoms. The smallest absolute Gasteiger partial charge is 0.243 e. The van der Waals surface area contributed by atoms with Crippen molar-refractivity contribution < 1.29 is 22.7 Å². The van der Waals surface area contributed by atoms with E-state index in [1.165, 1.54) is 6.92 Å². The van der Waals surface area contributed by atoms with Gasteiger partial charge in [-0.25, -0.2) is 8.42 Å². The molecule has 2 aromatic carbocycles. The SMILES string of the molecule is CC(C(=O)NCc1ccc2c(c1)OCO2)N(c1ccc(Cl)cc1)S(C)(=O)=O. The van der Waals surface area contributed by atoms with Crippen molar-refractivity contribution in [3.05, 3.63) is 53.1 Å². The van der Waals surface area contributed by atoms with Crippen LogP contribution in [0.25, 0.3) is 0 Å². The van der Waals surface area contributed by atoms with Gasteiger partial charge in [-0.1, -0.05) is 17.7 Å². The van der Waals surface area contributed by atoms with Crippen LogP contribution in [-0.4, -0.2) is 33.4 Å². The maximum absolute atomic E-state index is 12.6. The molecule has 144 valence electrons. The number of amides is 1. The van der Waals surface area contributed by atoms with Crippen molar-refractivity contribution in [1.29, 1.82) is 0 Å². The molecular weight excluding hydrogens is 392 g/mol. The maximum Gasteiger partial charge on any atom is 0.243 e. The summed E-state index contributed by atoms with van der Waals surface area (Å²) >= 11 is 5.86. The van der Waals surface area contributed by atoms with E-state index in [0.717, 1.165) is 16.1 Å². The van der Waals surface area contributed by atoms with Crippen LogP contribution >= 0.6 is 11.6 Å². The Morgan fingerprint density at radius 1 is 1.19 bits per heavy atom. The first kappa shape index (κ1) is 19.3. The summed E-state index contributed by atoms with van der Waals surface area (Å²) in [5.74, 6) is 0.853. The highest BCUT2D eigenvalue weighted by atomic mass is 35.5. The summed E-state index contributed by atoms with van der Waals surface area (Å²) in [7, 11) is -3.67. The van der Waals surface area contributed by atoms with Gasteiger partial charge in [0.1, 0.15) is 6.04 Å². The number of sulfonamides is 1. The number of halogens is 1. The zero-order chi connectivity index (χ0) is 19.6. The van der Waals surface area contributed by atoms with Gasteiger partial charge in [0.15, 0.2) is 11.5 Å². The molecule has 0 saturated carbocycles. The molecule has 9 heteroatoms. The Morgan fingerprint density at radius 2 is 1.85 bits per heavy atom. The van der Waals surface area contributed by atoms with Crippen LogP contribution in [-0.2, 0) is 21.4 Å². The number of hydrogen-bond acceptors (Lipinski definition) is 5. The number of ether oxygens (including phenoxy) is 2. The van der Waals surface area contributed by atoms with Gasteiger partial charge in [0.2, 0.25) is 22.7 Å². The molecule has 1 aliphatic rings. The lowest BCUT2D eigenvalue weighted by atomic mass is 10.2. The molecule has 3 rings (SSSR count). The number of rotatable bonds is 6. The Morgan fingerprint density at radius 3 is 2.52 bits per heavy atom. The van der Waals surface area contributed by atoms with E-state index in [0.29, 0.717) is 22.2 Å². The van der Waals surface area contributed by atoms with E-state index in [2.05, 4.69) is 5.32 Å². The van der Waals surface area contributed by atoms with Crippen LogP contribution in [0.1, 0.15) is 12.5 Å². The summed E-state index contributed by atoms with van der Waals surface area (Å²) in [6.45, 7) is 1.94. The van der Waals surface area contributed by atoms with E-state index >= 15 is 0 Å². The van der Waals surface area contributed by atoms with Crippen LogP contribution in [0.2, 0.25) is 5.02 Å². The summed E-state index contributed by atoms with van der Waals surface area (Å²) in [6, 6.07) is 10.7. The molecule has 1 heterocycles. The average molecular weight is 411 g/mol. The Labute approximate surface area is 162 Å². The van der Waals surface area contributed by atoms with Crippen LogP contribution in [0.3, 0.4) is 0 Å². The average Bonchev–Trinajstić information content (AvgIpc) is 3.08. The van der Waals surface area contributed by atoms with E-state index in [-0.39, 0.29) is 13.3 Å². The summed E-state index contributed by atoms with van der Waals surface area (Å²) < 4.78 is 36.1. The summed E-state index contributed by atoms with van der Waals surface area (Å²) in [6.07, 6.45) is 1.06. The van der Waals surface area contributed by atoms with Crippen molar-refractivity contribution in [2.24, 2.45) is 0 Å². The Kier molecular flexibility index (Phi) is 5.48. The van der Waals surface area contributed by atoms with Gasteiger partial charge in [0.25, 0.3) is 0 Å². The quantitative estimate of drug-likeness (QED) is 0.791. The largest absolute Gasteiger partial charge is 0.454 e. The lowest BCUT2D eigenvalue weighted by Crippen LogP contribution is -2.47. The predicted molar refractivity (Wildman–Crippen MR) is 103 cm³/mol. The van der Waals surface area contributed by atoms with Gasteiger partial charge in [-0.05, 0) is 48.9 Å². The zero-order valence-corrected chi connectivity index (χ0v) is 16.4. The number of benzene rings is 2. The molecule has 1 aliphatic heterocycles. The molecule has 0 aliphatic carbocycles. The Hall–Kier alpha value is -2.45. The number of nitrogens with zero attached hydrogens (tertiary/aromatic N) is 1. The molecular formula is C18H19ClN2O5S. The van der Waals surface area contributed by atoms with Gasteiger partial charge in [-0.3, -0.25) is 9.10 Å². The Bertz CT molecular complexity index is 947. The van der Waals surface area contributed by atoms with Crippen molar-refractivity contribution in [2.75, 3.05) is 17.4 Å². The standard InChI is InChI=1S/C18H19ClN2O5S/c1-12(21(27(2,23)24)15-6-4-14(19)5-7-15)18(22)20-10-13-3-8-16-17(9-13)26-11-25-16/h3-9,12H,10-11H2,1-2H3,(H,20,22). The van der Waals surface area contributed by atoms with E-state index < -0.39 is 22.0 Å². The van der Waals surface area contributed by atoms with Crippen LogP contribution in [0.4, 0.5) is 5.69 Å². The minimum absolute atomic E-state index is 0.173. The van der Waals surface area contributed by atoms with Crippen molar-refractivity contribution in [2.45, 2.75) is 19.5 Å². The molecule has 0 spiro atoms. The molecule has 0 fully saturated rings. The monoisotopic (exact) mass is 410 g/mol. The zero-order valence-electron chi connectivity index (χ0n) is 14.8. The van der Waals surface area contributed by atoms with E-state index in [9.17, 15) is 13.2 Å². The molecule has 1 amide bonds. The van der Waals surface area contributed by atoms with Crippen molar-refractivity contribution in [3.8, 4) is 11.5 Å². The van der Waals surface area contributed by atoms with E-state index in [1.54, 1.807) is 36.4 Å². The summed E-state index contributed by atoms with van der Waals surface area (Å²) in [5, 5.41) is 3.23. The second kappa shape index (κ2) is 7.66. The van der Waals surface area contributed by atoms with Crippen molar-refractivity contribution in [3.63, 3.8) is 0 Å². The lowest BCUT2D eigenvalue weighted by molar-refractivity contribution is -0.122. The highest BCUT2D eigenvalue weighted by Gasteiger charge is 2.29. The van der Waals surface area contributed by atoms with Crippen LogP contribution in [0.5, 0.6) is 11.5 Å². The third-order valence-corrected chi connectivity index (χ3v) is 5.57. The van der Waals surface area contributed by atoms with Crippen LogP contribution < -0.4 is 19.1 Å². The summed E-state index contributed by atoms with van der Waals surface area (Å²) in [5.41, 5.74) is 1.19. The molecule has 0 radical (unpaired) electrons. The van der Waals surface area contributed by atoms with E-state index in [1.807, 2.05) is 6.07 Å². The predicted octanol–water partition coefficient (Wildman–Crippen LogP) is 2.54. The number of carbonyl (C=O) groups excluding carboxylic acids is 1. The minimum atomic E-state index is -3.67. The second-order valence-electron chi connectivity index (χ2n) is 6.12. The minimum Gasteiger partial charge on any atom is -0.454 e. The van der Waals surface area contributed by atoms with E-state index in [4.69, 9.17) is 21.1 Å². The number of nitrogens with one attached hydrogen (secondary N) is 1. The van der Waals surface area contributed by atoms with Gasteiger partial charge in [0, 0.05) is 11.6 Å². The molecule has 0 aromatic heterocycles. The van der Waals surface area contributed by atoms with Gasteiger partial charge < -0.3 is 14.8 Å². The number of hydrogen-bond donors (Lipinski definition) is 1.